The van der Waals surface area contributed by atoms with Gasteiger partial charge in [-0.05, 0) is 49.2 Å². The van der Waals surface area contributed by atoms with Crippen LogP contribution in [0.15, 0.2) is 65.8 Å². The van der Waals surface area contributed by atoms with Crippen LogP contribution in [-0.2, 0) is 9.53 Å². The van der Waals surface area contributed by atoms with Gasteiger partial charge in [0.2, 0.25) is 5.90 Å². The normalized spacial score (nSPS) is 16.4. The summed E-state index contributed by atoms with van der Waals surface area (Å²) < 4.78 is 33.4. The van der Waals surface area contributed by atoms with Crippen molar-refractivity contribution in [2.24, 2.45) is 4.99 Å². The van der Waals surface area contributed by atoms with E-state index in [4.69, 9.17) is 4.74 Å². The van der Waals surface area contributed by atoms with Gasteiger partial charge in [0, 0.05) is 11.8 Å². The molecule has 0 amide bonds. The van der Waals surface area contributed by atoms with E-state index in [9.17, 15) is 13.6 Å². The molecular weight excluding hydrogens is 400 g/mol. The number of aliphatic imine (C=N–C) groups is 1. The largest absolute Gasteiger partial charge is 0.475 e. The number of hydrogen-bond donors (Lipinski definition) is 1. The van der Waals surface area contributed by atoms with Crippen LogP contribution >= 0.6 is 0 Å². The van der Waals surface area contributed by atoms with Gasteiger partial charge in [-0.2, -0.15) is 0 Å². The number of nitrogens with one attached hydrogen (secondary N) is 1. The fraction of sp³-hybridized carbons (Fsp3) is 0.208. The predicted octanol–water partition coefficient (Wildman–Crippen LogP) is 4.93. The number of Topliss-reactive ketones (excluding diaryl/α,β-unsaturated/α-hetero) is 1. The van der Waals surface area contributed by atoms with Crippen LogP contribution in [0.5, 0.6) is 0 Å². The molecule has 0 saturated carbocycles. The molecule has 1 aliphatic heterocycles. The lowest BCUT2D eigenvalue weighted by Crippen LogP contribution is -2.23. The molecule has 1 N–H and O–H groups in total. The molecule has 0 radical (unpaired) electrons. The SMILES string of the molecule is CC(=O)C(C)Nc1ccc(-c2ccc(C3COC(c4c(F)cccc4F)=N3)cc2)cn1. The second kappa shape index (κ2) is 8.63. The molecule has 2 unspecified atom stereocenters. The Bertz CT molecular complexity index is 1110. The average molecular weight is 421 g/mol. The molecule has 2 atom stereocenters. The first-order chi connectivity index (χ1) is 14.9. The molecule has 0 bridgehead atoms. The summed E-state index contributed by atoms with van der Waals surface area (Å²) in [6.45, 7) is 3.54. The number of pyridine rings is 1. The van der Waals surface area contributed by atoms with Gasteiger partial charge < -0.3 is 10.1 Å². The average Bonchev–Trinajstić information content (AvgIpc) is 3.24. The minimum absolute atomic E-state index is 0.0169. The Hall–Kier alpha value is -3.61. The van der Waals surface area contributed by atoms with Crippen molar-refractivity contribution >= 4 is 17.5 Å². The molecular formula is C24H21F2N3O2. The maximum absolute atomic E-state index is 14.0. The van der Waals surface area contributed by atoms with Crippen LogP contribution in [0.1, 0.15) is 31.0 Å². The molecule has 158 valence electrons. The van der Waals surface area contributed by atoms with E-state index in [1.165, 1.54) is 25.1 Å². The number of anilines is 1. The van der Waals surface area contributed by atoms with Gasteiger partial charge in [-0.15, -0.1) is 0 Å². The molecule has 7 heteroatoms. The lowest BCUT2D eigenvalue weighted by molar-refractivity contribution is -0.117. The zero-order valence-electron chi connectivity index (χ0n) is 17.1. The lowest BCUT2D eigenvalue weighted by Gasteiger charge is -2.11. The van der Waals surface area contributed by atoms with E-state index in [1.807, 2.05) is 36.4 Å². The molecule has 0 fully saturated rings. The number of rotatable bonds is 6. The molecule has 3 aromatic rings. The fourth-order valence-electron chi connectivity index (χ4n) is 3.25. The Balaban J connectivity index is 1.49. The number of benzene rings is 2. The highest BCUT2D eigenvalue weighted by Gasteiger charge is 2.26. The van der Waals surface area contributed by atoms with Crippen molar-refractivity contribution in [2.75, 3.05) is 11.9 Å². The van der Waals surface area contributed by atoms with Crippen molar-refractivity contribution in [3.05, 3.63) is 83.6 Å². The summed E-state index contributed by atoms with van der Waals surface area (Å²) in [4.78, 5) is 20.1. The summed E-state index contributed by atoms with van der Waals surface area (Å²) in [5, 5.41) is 3.05. The van der Waals surface area contributed by atoms with Gasteiger partial charge in [-0.3, -0.25) is 4.79 Å². The van der Waals surface area contributed by atoms with Crippen LogP contribution < -0.4 is 5.32 Å². The maximum Gasteiger partial charge on any atom is 0.222 e. The zero-order chi connectivity index (χ0) is 22.0. The Morgan fingerprint density at radius 1 is 1.06 bits per heavy atom. The van der Waals surface area contributed by atoms with Crippen LogP contribution in [0.2, 0.25) is 0 Å². The van der Waals surface area contributed by atoms with Gasteiger partial charge in [0.1, 0.15) is 35.7 Å². The third-order valence-electron chi connectivity index (χ3n) is 5.19. The number of carbonyl (C=O) groups excluding carboxylic acids is 1. The number of halogens is 2. The lowest BCUT2D eigenvalue weighted by atomic mass is 10.0. The van der Waals surface area contributed by atoms with E-state index < -0.39 is 11.6 Å². The number of ketones is 1. The molecule has 2 heterocycles. The predicted molar refractivity (Wildman–Crippen MR) is 115 cm³/mol. The van der Waals surface area contributed by atoms with Crippen molar-refractivity contribution in [3.63, 3.8) is 0 Å². The highest BCUT2D eigenvalue weighted by atomic mass is 19.1. The molecule has 5 nitrogen and oxygen atoms in total. The Morgan fingerprint density at radius 3 is 2.35 bits per heavy atom. The second-order valence-corrected chi connectivity index (χ2v) is 7.39. The maximum atomic E-state index is 14.0. The Kier molecular flexibility index (Phi) is 5.75. The minimum atomic E-state index is -0.696. The summed E-state index contributed by atoms with van der Waals surface area (Å²) >= 11 is 0. The Labute approximate surface area is 178 Å². The number of hydrogen-bond acceptors (Lipinski definition) is 5. The number of carbonyl (C=O) groups is 1. The van der Waals surface area contributed by atoms with Crippen LogP contribution in [0.25, 0.3) is 11.1 Å². The molecule has 31 heavy (non-hydrogen) atoms. The molecule has 4 rings (SSSR count). The van der Waals surface area contributed by atoms with Crippen LogP contribution in [0.4, 0.5) is 14.6 Å². The van der Waals surface area contributed by atoms with Gasteiger partial charge >= 0.3 is 0 Å². The van der Waals surface area contributed by atoms with Gasteiger partial charge in [0.25, 0.3) is 0 Å². The molecule has 0 saturated heterocycles. The summed E-state index contributed by atoms with van der Waals surface area (Å²) in [5.74, 6) is -0.734. The van der Waals surface area contributed by atoms with Gasteiger partial charge in [0.15, 0.2) is 5.78 Å². The molecule has 1 aromatic heterocycles. The standard InChI is InChI=1S/C24H21F2N3O2/c1-14(15(2)30)28-22-11-10-18(12-27-22)16-6-8-17(9-7-16)21-13-31-24(29-21)23-19(25)4-3-5-20(23)26/h3-12,14,21H,13H2,1-2H3,(H,27,28). The number of ether oxygens (including phenoxy) is 1. The highest BCUT2D eigenvalue weighted by Crippen LogP contribution is 2.29. The smallest absolute Gasteiger partial charge is 0.222 e. The number of nitrogens with zero attached hydrogens (tertiary/aromatic N) is 2. The van der Waals surface area contributed by atoms with E-state index in [1.54, 1.807) is 13.1 Å². The third kappa shape index (κ3) is 4.45. The first-order valence-corrected chi connectivity index (χ1v) is 9.90. The van der Waals surface area contributed by atoms with Crippen molar-refractivity contribution in [1.82, 2.24) is 4.98 Å². The summed E-state index contributed by atoms with van der Waals surface area (Å²) in [6, 6.07) is 14.5. The van der Waals surface area contributed by atoms with E-state index in [-0.39, 0.29) is 35.9 Å². The molecule has 2 aromatic carbocycles. The van der Waals surface area contributed by atoms with E-state index in [2.05, 4.69) is 15.3 Å². The summed E-state index contributed by atoms with van der Waals surface area (Å²) in [7, 11) is 0. The van der Waals surface area contributed by atoms with Gasteiger partial charge in [-0.1, -0.05) is 30.3 Å². The minimum Gasteiger partial charge on any atom is -0.475 e. The van der Waals surface area contributed by atoms with E-state index >= 15 is 0 Å². The van der Waals surface area contributed by atoms with Crippen molar-refractivity contribution in [2.45, 2.75) is 25.9 Å². The first kappa shape index (κ1) is 20.7. The molecule has 0 aliphatic carbocycles. The summed E-state index contributed by atoms with van der Waals surface area (Å²) in [6.07, 6.45) is 1.74. The van der Waals surface area contributed by atoms with Crippen LogP contribution in [-0.4, -0.2) is 29.3 Å². The van der Waals surface area contributed by atoms with Crippen molar-refractivity contribution < 1.29 is 18.3 Å². The van der Waals surface area contributed by atoms with Gasteiger partial charge in [-0.25, -0.2) is 18.8 Å². The third-order valence-corrected chi connectivity index (χ3v) is 5.19. The van der Waals surface area contributed by atoms with Crippen molar-refractivity contribution in [1.29, 1.82) is 0 Å². The molecule has 0 spiro atoms. The number of aromatic nitrogens is 1. The summed E-state index contributed by atoms with van der Waals surface area (Å²) in [5.41, 5.74) is 2.54. The Morgan fingerprint density at radius 2 is 1.74 bits per heavy atom. The topological polar surface area (TPSA) is 63.6 Å². The van der Waals surface area contributed by atoms with E-state index in [0.717, 1.165) is 16.7 Å². The monoisotopic (exact) mass is 421 g/mol. The van der Waals surface area contributed by atoms with Crippen LogP contribution in [0, 0.1) is 11.6 Å². The first-order valence-electron chi connectivity index (χ1n) is 9.90. The van der Waals surface area contributed by atoms with Gasteiger partial charge in [0.05, 0.1) is 6.04 Å². The highest BCUT2D eigenvalue weighted by molar-refractivity contribution is 5.95. The quantitative estimate of drug-likeness (QED) is 0.613. The fourth-order valence-corrected chi connectivity index (χ4v) is 3.25. The van der Waals surface area contributed by atoms with Crippen molar-refractivity contribution in [3.8, 4) is 11.1 Å². The van der Waals surface area contributed by atoms with Crippen LogP contribution in [0.3, 0.4) is 0 Å². The second-order valence-electron chi connectivity index (χ2n) is 7.39. The van der Waals surface area contributed by atoms with E-state index in [0.29, 0.717) is 5.82 Å². The molecule has 1 aliphatic rings. The zero-order valence-corrected chi connectivity index (χ0v) is 17.1.